The van der Waals surface area contributed by atoms with Crippen LogP contribution in [-0.4, -0.2) is 30.9 Å². The first-order chi connectivity index (χ1) is 8.92. The number of rotatable bonds is 6. The molecule has 0 aromatic heterocycles. The fraction of sp³-hybridized carbons (Fsp3) is 0.417. The van der Waals surface area contributed by atoms with Gasteiger partial charge in [0.25, 0.3) is 0 Å². The fourth-order valence-corrected chi connectivity index (χ4v) is 1.83. The Morgan fingerprint density at radius 2 is 1.95 bits per heavy atom. The molecule has 1 N–H and O–H groups in total. The third-order valence-electron chi connectivity index (χ3n) is 2.25. The topological polar surface area (TPSA) is 38.3 Å². The van der Waals surface area contributed by atoms with Crippen molar-refractivity contribution >= 4 is 17.7 Å². The molecule has 0 saturated heterocycles. The van der Waals surface area contributed by atoms with Crippen LogP contribution in [0.2, 0.25) is 0 Å². The fourth-order valence-electron chi connectivity index (χ4n) is 1.35. The van der Waals surface area contributed by atoms with Crippen LogP contribution in [0.5, 0.6) is 0 Å². The molecular weight excluding hydrogens is 279 g/mol. The zero-order chi connectivity index (χ0) is 14.3. The van der Waals surface area contributed by atoms with Gasteiger partial charge in [-0.25, -0.2) is 4.79 Å². The Morgan fingerprint density at radius 3 is 2.47 bits per heavy atom. The van der Waals surface area contributed by atoms with E-state index in [9.17, 15) is 18.0 Å². The lowest BCUT2D eigenvalue weighted by atomic mass is 10.1. The van der Waals surface area contributed by atoms with Crippen molar-refractivity contribution in [2.24, 2.45) is 0 Å². The van der Waals surface area contributed by atoms with Gasteiger partial charge in [-0.2, -0.15) is 13.2 Å². The largest absolute Gasteiger partial charge is 0.465 e. The lowest BCUT2D eigenvalue weighted by molar-refractivity contribution is -0.0327. The Labute approximate surface area is 113 Å². The minimum atomic E-state index is -4.18. The van der Waals surface area contributed by atoms with E-state index in [0.29, 0.717) is 12.1 Å². The summed E-state index contributed by atoms with van der Waals surface area (Å²) in [4.78, 5) is 11.2. The number of methoxy groups -OCH3 is 1. The number of esters is 1. The lowest BCUT2D eigenvalue weighted by Gasteiger charge is -2.07. The van der Waals surface area contributed by atoms with Gasteiger partial charge in [0, 0.05) is 18.8 Å². The number of carbonyl (C=O) groups is 1. The average Bonchev–Trinajstić information content (AvgIpc) is 2.37. The Bertz CT molecular complexity index is 406. The first-order valence-electron chi connectivity index (χ1n) is 5.51. The second-order valence-electron chi connectivity index (χ2n) is 3.66. The minimum absolute atomic E-state index is 0.0241. The highest BCUT2D eigenvalue weighted by Crippen LogP contribution is 2.29. The van der Waals surface area contributed by atoms with Gasteiger partial charge in [0.1, 0.15) is 0 Å². The molecule has 0 unspecified atom stereocenters. The number of ether oxygens (including phenoxy) is 1. The molecule has 1 aromatic rings. The maximum Gasteiger partial charge on any atom is 0.441 e. The molecule has 0 aliphatic carbocycles. The van der Waals surface area contributed by atoms with E-state index < -0.39 is 11.5 Å². The third-order valence-corrected chi connectivity index (χ3v) is 2.98. The van der Waals surface area contributed by atoms with Crippen molar-refractivity contribution < 1.29 is 22.7 Å². The van der Waals surface area contributed by atoms with Crippen LogP contribution in [0.25, 0.3) is 0 Å². The molecule has 0 aliphatic rings. The summed E-state index contributed by atoms with van der Waals surface area (Å²) in [5, 5.41) is 2.90. The van der Waals surface area contributed by atoms with Crippen LogP contribution in [-0.2, 0) is 11.3 Å². The number of hydrogen-bond donors (Lipinski definition) is 1. The highest BCUT2D eigenvalue weighted by Gasteiger charge is 2.27. The van der Waals surface area contributed by atoms with Gasteiger partial charge < -0.3 is 10.1 Å². The van der Waals surface area contributed by atoms with Gasteiger partial charge >= 0.3 is 11.5 Å². The van der Waals surface area contributed by atoms with Crippen LogP contribution < -0.4 is 5.32 Å². The summed E-state index contributed by atoms with van der Waals surface area (Å²) in [5.41, 5.74) is -2.84. The Hall–Kier alpha value is -1.21. The van der Waals surface area contributed by atoms with Crippen LogP contribution in [0.15, 0.2) is 24.3 Å². The van der Waals surface area contributed by atoms with Gasteiger partial charge in [-0.05, 0) is 29.5 Å². The number of thioether (sulfide) groups is 1. The lowest BCUT2D eigenvalue weighted by Crippen LogP contribution is -2.18. The van der Waals surface area contributed by atoms with Crippen LogP contribution in [0.4, 0.5) is 13.2 Å². The van der Waals surface area contributed by atoms with Crippen LogP contribution in [0.1, 0.15) is 15.9 Å². The first-order valence-corrected chi connectivity index (χ1v) is 6.49. The number of hydrogen-bond acceptors (Lipinski definition) is 4. The van der Waals surface area contributed by atoms with Gasteiger partial charge in [0.15, 0.2) is 0 Å². The highest BCUT2D eigenvalue weighted by molar-refractivity contribution is 8.00. The van der Waals surface area contributed by atoms with Crippen molar-refractivity contribution in [1.29, 1.82) is 0 Å². The number of alkyl halides is 3. The van der Waals surface area contributed by atoms with E-state index >= 15 is 0 Å². The zero-order valence-corrected chi connectivity index (χ0v) is 11.1. The SMILES string of the molecule is COC(=O)c1ccc(CNCCSC(F)(F)F)cc1. The van der Waals surface area contributed by atoms with E-state index in [4.69, 9.17) is 0 Å². The third kappa shape index (κ3) is 6.49. The summed E-state index contributed by atoms with van der Waals surface area (Å²) in [7, 11) is 1.30. The number of carbonyl (C=O) groups excluding carboxylic acids is 1. The minimum Gasteiger partial charge on any atom is -0.465 e. The molecule has 0 aliphatic heterocycles. The number of benzene rings is 1. The number of halogens is 3. The smallest absolute Gasteiger partial charge is 0.441 e. The number of nitrogens with one attached hydrogen (secondary N) is 1. The van der Waals surface area contributed by atoms with Gasteiger partial charge in [0.05, 0.1) is 12.7 Å². The Kier molecular flexibility index (Phi) is 6.17. The Morgan fingerprint density at radius 1 is 1.32 bits per heavy atom. The maximum atomic E-state index is 11.9. The van der Waals surface area contributed by atoms with E-state index in [0.717, 1.165) is 5.56 Å². The molecule has 1 aromatic carbocycles. The van der Waals surface area contributed by atoms with E-state index in [1.54, 1.807) is 24.3 Å². The maximum absolute atomic E-state index is 11.9. The Balaban J connectivity index is 2.29. The predicted molar refractivity (Wildman–Crippen MR) is 68.0 cm³/mol. The molecule has 0 bridgehead atoms. The zero-order valence-electron chi connectivity index (χ0n) is 10.3. The van der Waals surface area contributed by atoms with Crippen LogP contribution in [0, 0.1) is 0 Å². The van der Waals surface area contributed by atoms with Gasteiger partial charge in [-0.1, -0.05) is 12.1 Å². The standard InChI is InChI=1S/C12H14F3NO2S/c1-18-11(17)10-4-2-9(3-5-10)8-16-6-7-19-12(13,14)15/h2-5,16H,6-8H2,1H3. The molecule has 3 nitrogen and oxygen atoms in total. The molecular formula is C12H14F3NO2S. The van der Waals surface area contributed by atoms with Crippen molar-refractivity contribution in [2.45, 2.75) is 12.1 Å². The molecule has 0 fully saturated rings. The van der Waals surface area contributed by atoms with Gasteiger partial charge in [-0.3, -0.25) is 0 Å². The van der Waals surface area contributed by atoms with Crippen LogP contribution >= 0.6 is 11.8 Å². The van der Waals surface area contributed by atoms with E-state index in [1.807, 2.05) is 0 Å². The van der Waals surface area contributed by atoms with Gasteiger partial charge in [0.2, 0.25) is 0 Å². The molecule has 19 heavy (non-hydrogen) atoms. The van der Waals surface area contributed by atoms with Crippen LogP contribution in [0.3, 0.4) is 0 Å². The molecule has 0 amide bonds. The summed E-state index contributed by atoms with van der Waals surface area (Å²) < 4.78 is 40.1. The molecule has 106 valence electrons. The van der Waals surface area contributed by atoms with Gasteiger partial charge in [-0.15, -0.1) is 0 Å². The molecule has 0 radical (unpaired) electrons. The summed E-state index contributed by atoms with van der Waals surface area (Å²) in [6.45, 7) is 0.725. The normalized spacial score (nSPS) is 11.4. The van der Waals surface area contributed by atoms with E-state index in [2.05, 4.69) is 10.1 Å². The van der Waals surface area contributed by atoms with E-state index in [-0.39, 0.29) is 24.1 Å². The summed E-state index contributed by atoms with van der Waals surface area (Å²) in [5.74, 6) is -0.440. The molecule has 1 rings (SSSR count). The van der Waals surface area contributed by atoms with Crippen molar-refractivity contribution in [3.05, 3.63) is 35.4 Å². The summed E-state index contributed by atoms with van der Waals surface area (Å²) in [6.07, 6.45) is 0. The second kappa shape index (κ2) is 7.40. The highest BCUT2D eigenvalue weighted by atomic mass is 32.2. The summed E-state index contributed by atoms with van der Waals surface area (Å²) >= 11 is -0.0456. The average molecular weight is 293 g/mol. The first kappa shape index (κ1) is 15.8. The van der Waals surface area contributed by atoms with E-state index in [1.165, 1.54) is 7.11 Å². The van der Waals surface area contributed by atoms with Crippen molar-refractivity contribution in [1.82, 2.24) is 5.32 Å². The molecule has 0 saturated carbocycles. The summed E-state index contributed by atoms with van der Waals surface area (Å²) in [6, 6.07) is 6.70. The van der Waals surface area contributed by atoms with Crippen molar-refractivity contribution in [3.8, 4) is 0 Å². The van der Waals surface area contributed by atoms with Crippen molar-refractivity contribution in [2.75, 3.05) is 19.4 Å². The molecule has 0 heterocycles. The molecule has 0 spiro atoms. The second-order valence-corrected chi connectivity index (χ2v) is 4.82. The quantitative estimate of drug-likeness (QED) is 0.646. The monoisotopic (exact) mass is 293 g/mol. The van der Waals surface area contributed by atoms with Crippen molar-refractivity contribution in [3.63, 3.8) is 0 Å². The molecule has 0 atom stereocenters. The predicted octanol–water partition coefficient (Wildman–Crippen LogP) is 2.82. The molecule has 7 heteroatoms.